The van der Waals surface area contributed by atoms with Gasteiger partial charge < -0.3 is 5.32 Å². The molecule has 0 unspecified atom stereocenters. The van der Waals surface area contributed by atoms with E-state index in [1.807, 2.05) is 13.0 Å². The van der Waals surface area contributed by atoms with Crippen molar-refractivity contribution < 1.29 is 4.39 Å². The van der Waals surface area contributed by atoms with Gasteiger partial charge in [-0.2, -0.15) is 5.26 Å². The molecule has 1 N–H and O–H groups in total. The first kappa shape index (κ1) is 11.4. The van der Waals surface area contributed by atoms with E-state index in [0.29, 0.717) is 18.7 Å². The summed E-state index contributed by atoms with van der Waals surface area (Å²) in [6.07, 6.45) is 0. The predicted octanol–water partition coefficient (Wildman–Crippen LogP) is 2.36. The third-order valence-corrected chi connectivity index (χ3v) is 1.84. The summed E-state index contributed by atoms with van der Waals surface area (Å²) in [5, 5.41) is 11.8. The first-order valence-corrected chi connectivity index (χ1v) is 4.66. The highest BCUT2D eigenvalue weighted by atomic mass is 19.1. The Morgan fingerprint density at radius 1 is 1.53 bits per heavy atom. The van der Waals surface area contributed by atoms with Crippen molar-refractivity contribution in [1.82, 2.24) is 5.32 Å². The van der Waals surface area contributed by atoms with Gasteiger partial charge in [0.25, 0.3) is 0 Å². The minimum Gasteiger partial charge on any atom is -0.309 e. The van der Waals surface area contributed by atoms with Crippen LogP contribution in [0, 0.1) is 17.1 Å². The van der Waals surface area contributed by atoms with Crippen molar-refractivity contribution >= 4 is 0 Å². The van der Waals surface area contributed by atoms with Gasteiger partial charge in [-0.15, -0.1) is 0 Å². The molecule has 1 aromatic rings. The molecule has 0 saturated carbocycles. The summed E-state index contributed by atoms with van der Waals surface area (Å²) in [6, 6.07) is 6.24. The van der Waals surface area contributed by atoms with Gasteiger partial charge in [0, 0.05) is 13.1 Å². The van der Waals surface area contributed by atoms with Crippen LogP contribution >= 0.6 is 0 Å². The van der Waals surface area contributed by atoms with Crippen LogP contribution in [0.5, 0.6) is 0 Å². The van der Waals surface area contributed by atoms with Crippen molar-refractivity contribution in [3.05, 3.63) is 47.3 Å². The van der Waals surface area contributed by atoms with E-state index in [9.17, 15) is 4.39 Å². The molecule has 0 aliphatic rings. The van der Waals surface area contributed by atoms with Crippen LogP contribution in [-0.2, 0) is 6.54 Å². The Kier molecular flexibility index (Phi) is 4.02. The highest BCUT2D eigenvalue weighted by Gasteiger charge is 1.99. The number of benzene rings is 1. The number of nitriles is 1. The highest BCUT2D eigenvalue weighted by molar-refractivity contribution is 5.33. The molecule has 0 spiro atoms. The van der Waals surface area contributed by atoms with E-state index in [0.717, 1.165) is 11.1 Å². The quantitative estimate of drug-likeness (QED) is 0.764. The minimum atomic E-state index is -0.374. The van der Waals surface area contributed by atoms with Crippen LogP contribution < -0.4 is 5.32 Å². The fraction of sp³-hybridized carbons (Fsp3) is 0.250. The molecular formula is C12H13FN2. The van der Waals surface area contributed by atoms with Crippen LogP contribution in [0.1, 0.15) is 18.1 Å². The molecule has 0 radical (unpaired) electrons. The van der Waals surface area contributed by atoms with E-state index in [1.165, 1.54) is 12.1 Å². The molecule has 0 aliphatic carbocycles. The standard InChI is InChI=1S/C12H13FN2/c1-9(2)7-15-8-11-3-10(6-14)4-12(13)5-11/h3-5,15H,1,7-8H2,2H3. The summed E-state index contributed by atoms with van der Waals surface area (Å²) < 4.78 is 13.0. The van der Waals surface area contributed by atoms with E-state index in [1.54, 1.807) is 6.07 Å². The summed E-state index contributed by atoms with van der Waals surface area (Å²) in [7, 11) is 0. The van der Waals surface area contributed by atoms with Gasteiger partial charge in [0.1, 0.15) is 5.82 Å². The van der Waals surface area contributed by atoms with Gasteiger partial charge in [0.05, 0.1) is 11.6 Å². The molecule has 0 saturated heterocycles. The Balaban J connectivity index is 2.65. The summed E-state index contributed by atoms with van der Waals surface area (Å²) in [4.78, 5) is 0. The topological polar surface area (TPSA) is 35.8 Å². The summed E-state index contributed by atoms with van der Waals surface area (Å²) in [5.41, 5.74) is 2.14. The Morgan fingerprint density at radius 2 is 2.27 bits per heavy atom. The zero-order valence-electron chi connectivity index (χ0n) is 8.68. The van der Waals surface area contributed by atoms with E-state index in [2.05, 4.69) is 11.9 Å². The Labute approximate surface area is 89.0 Å². The lowest BCUT2D eigenvalue weighted by Crippen LogP contribution is -2.15. The monoisotopic (exact) mass is 204 g/mol. The summed E-state index contributed by atoms with van der Waals surface area (Å²) >= 11 is 0. The van der Waals surface area contributed by atoms with Crippen LogP contribution in [-0.4, -0.2) is 6.54 Å². The lowest BCUT2D eigenvalue weighted by atomic mass is 10.1. The zero-order chi connectivity index (χ0) is 11.3. The molecule has 0 amide bonds. The van der Waals surface area contributed by atoms with Crippen molar-refractivity contribution in [1.29, 1.82) is 5.26 Å². The molecule has 0 fully saturated rings. The van der Waals surface area contributed by atoms with Gasteiger partial charge in [-0.25, -0.2) is 4.39 Å². The molecule has 0 aromatic heterocycles. The van der Waals surface area contributed by atoms with Gasteiger partial charge >= 0.3 is 0 Å². The van der Waals surface area contributed by atoms with Gasteiger partial charge in [0.2, 0.25) is 0 Å². The van der Waals surface area contributed by atoms with Crippen LogP contribution in [0.3, 0.4) is 0 Å². The second kappa shape index (κ2) is 5.28. The van der Waals surface area contributed by atoms with Crippen LogP contribution in [0.2, 0.25) is 0 Å². The van der Waals surface area contributed by atoms with E-state index in [-0.39, 0.29) is 5.82 Å². The van der Waals surface area contributed by atoms with Gasteiger partial charge in [-0.3, -0.25) is 0 Å². The SMILES string of the molecule is C=C(C)CNCc1cc(F)cc(C#N)c1. The maximum atomic E-state index is 13.0. The molecule has 1 aromatic carbocycles. The number of nitrogens with zero attached hydrogens (tertiary/aromatic N) is 1. The second-order valence-corrected chi connectivity index (χ2v) is 3.52. The first-order valence-electron chi connectivity index (χ1n) is 4.66. The molecule has 1 rings (SSSR count). The van der Waals surface area contributed by atoms with Crippen molar-refractivity contribution in [2.45, 2.75) is 13.5 Å². The Hall–Kier alpha value is -1.66. The van der Waals surface area contributed by atoms with E-state index in [4.69, 9.17) is 5.26 Å². The normalized spacial score (nSPS) is 9.67. The van der Waals surface area contributed by atoms with Crippen molar-refractivity contribution in [3.8, 4) is 6.07 Å². The molecule has 3 heteroatoms. The largest absolute Gasteiger partial charge is 0.309 e. The number of nitrogens with one attached hydrogen (secondary N) is 1. The second-order valence-electron chi connectivity index (χ2n) is 3.52. The average Bonchev–Trinajstić information content (AvgIpc) is 2.16. The highest BCUT2D eigenvalue weighted by Crippen LogP contribution is 2.08. The molecule has 0 atom stereocenters. The number of hydrogen-bond donors (Lipinski definition) is 1. The van der Waals surface area contributed by atoms with Gasteiger partial charge in [-0.1, -0.05) is 12.2 Å². The zero-order valence-corrected chi connectivity index (χ0v) is 8.68. The fourth-order valence-electron chi connectivity index (χ4n) is 1.24. The maximum absolute atomic E-state index is 13.0. The van der Waals surface area contributed by atoms with E-state index < -0.39 is 0 Å². The number of hydrogen-bond acceptors (Lipinski definition) is 2. The Bertz CT molecular complexity index is 405. The van der Waals surface area contributed by atoms with Crippen LogP contribution in [0.25, 0.3) is 0 Å². The molecule has 2 nitrogen and oxygen atoms in total. The summed E-state index contributed by atoms with van der Waals surface area (Å²) in [6.45, 7) is 6.90. The molecule has 15 heavy (non-hydrogen) atoms. The predicted molar refractivity (Wildman–Crippen MR) is 57.6 cm³/mol. The third-order valence-electron chi connectivity index (χ3n) is 1.84. The van der Waals surface area contributed by atoms with E-state index >= 15 is 0 Å². The molecule has 0 bridgehead atoms. The van der Waals surface area contributed by atoms with Gasteiger partial charge in [0.15, 0.2) is 0 Å². The fourth-order valence-corrected chi connectivity index (χ4v) is 1.24. The molecule has 78 valence electrons. The van der Waals surface area contributed by atoms with Crippen molar-refractivity contribution in [2.75, 3.05) is 6.54 Å². The number of rotatable bonds is 4. The van der Waals surface area contributed by atoms with Crippen molar-refractivity contribution in [3.63, 3.8) is 0 Å². The van der Waals surface area contributed by atoms with Crippen LogP contribution in [0.15, 0.2) is 30.4 Å². The lowest BCUT2D eigenvalue weighted by molar-refractivity contribution is 0.622. The summed E-state index contributed by atoms with van der Waals surface area (Å²) in [5.74, 6) is -0.374. The smallest absolute Gasteiger partial charge is 0.124 e. The van der Waals surface area contributed by atoms with Gasteiger partial charge in [-0.05, 0) is 30.7 Å². The first-order chi connectivity index (χ1) is 7.11. The maximum Gasteiger partial charge on any atom is 0.124 e. The van der Waals surface area contributed by atoms with Crippen LogP contribution in [0.4, 0.5) is 4.39 Å². The molecule has 0 heterocycles. The average molecular weight is 204 g/mol. The third kappa shape index (κ3) is 3.92. The van der Waals surface area contributed by atoms with Crippen molar-refractivity contribution in [2.24, 2.45) is 0 Å². The number of halogens is 1. The molecular weight excluding hydrogens is 191 g/mol. The Morgan fingerprint density at radius 3 is 2.87 bits per heavy atom. The lowest BCUT2D eigenvalue weighted by Gasteiger charge is -2.04. The minimum absolute atomic E-state index is 0.349. The molecule has 0 aliphatic heterocycles.